The minimum atomic E-state index is -4.67. The molecular formula is C29H25F3N4O. The average molecular weight is 503 g/mol. The van der Waals surface area contributed by atoms with Gasteiger partial charge >= 0.3 is 6.18 Å². The van der Waals surface area contributed by atoms with Gasteiger partial charge in [-0.1, -0.05) is 36.4 Å². The predicted octanol–water partition coefficient (Wildman–Crippen LogP) is 6.94. The van der Waals surface area contributed by atoms with Gasteiger partial charge in [-0.05, 0) is 78.8 Å². The van der Waals surface area contributed by atoms with Crippen molar-refractivity contribution in [3.63, 3.8) is 0 Å². The Morgan fingerprint density at radius 1 is 0.811 bits per heavy atom. The fourth-order valence-corrected chi connectivity index (χ4v) is 5.01. The quantitative estimate of drug-likeness (QED) is 0.284. The van der Waals surface area contributed by atoms with Crippen molar-refractivity contribution in [1.82, 2.24) is 0 Å². The summed E-state index contributed by atoms with van der Waals surface area (Å²) < 4.78 is 48.1. The number of hydrogen-bond acceptors (Lipinski definition) is 5. The average Bonchev–Trinajstić information content (AvgIpc) is 3.32. The number of aryl methyl sites for hydroxylation is 2. The Kier molecular flexibility index (Phi) is 5.94. The molecule has 0 fully saturated rings. The zero-order chi connectivity index (χ0) is 25.4. The number of alkyl halides is 3. The lowest BCUT2D eigenvalue weighted by Gasteiger charge is -2.27. The molecule has 0 spiro atoms. The molecule has 8 heteroatoms. The van der Waals surface area contributed by atoms with Crippen LogP contribution in [-0.4, -0.2) is 31.2 Å². The lowest BCUT2D eigenvalue weighted by molar-refractivity contribution is -0.0590. The van der Waals surface area contributed by atoms with Crippen LogP contribution in [0.15, 0.2) is 87.4 Å². The number of halogens is 3. The van der Waals surface area contributed by atoms with E-state index in [1.165, 1.54) is 16.6 Å². The summed E-state index contributed by atoms with van der Waals surface area (Å²) in [5.41, 5.74) is 4.14. The Balaban J connectivity index is 1.31. The Bertz CT molecular complexity index is 1500. The molecular weight excluding hydrogens is 477 g/mol. The van der Waals surface area contributed by atoms with Crippen molar-refractivity contribution in [3.05, 3.63) is 95.2 Å². The molecule has 5 nitrogen and oxygen atoms in total. The van der Waals surface area contributed by atoms with Crippen LogP contribution in [0.4, 0.5) is 24.5 Å². The van der Waals surface area contributed by atoms with Crippen molar-refractivity contribution in [2.45, 2.75) is 31.9 Å². The first kappa shape index (κ1) is 23.3. The Morgan fingerprint density at radius 3 is 2.16 bits per heavy atom. The normalized spacial score (nSPS) is 16.4. The zero-order valence-corrected chi connectivity index (χ0v) is 20.1. The van der Waals surface area contributed by atoms with Crippen molar-refractivity contribution in [2.24, 2.45) is 10.2 Å². The molecule has 0 saturated carbocycles. The minimum absolute atomic E-state index is 0.301. The maximum absolute atomic E-state index is 14.1. The fourth-order valence-electron chi connectivity index (χ4n) is 5.01. The van der Waals surface area contributed by atoms with E-state index in [1.54, 1.807) is 30.5 Å². The van der Waals surface area contributed by atoms with Crippen molar-refractivity contribution in [3.8, 4) is 0 Å². The molecule has 0 radical (unpaired) electrons. The number of furan rings is 1. The lowest BCUT2D eigenvalue weighted by Crippen LogP contribution is -2.31. The molecule has 0 N–H and O–H groups in total. The fraction of sp³-hybridized carbons (Fsp3) is 0.241. The van der Waals surface area contributed by atoms with E-state index in [9.17, 15) is 13.2 Å². The number of nitrogens with zero attached hydrogens (tertiary/aromatic N) is 4. The molecule has 0 bridgehead atoms. The predicted molar refractivity (Wildman–Crippen MR) is 141 cm³/mol. The summed E-state index contributed by atoms with van der Waals surface area (Å²) in [6.45, 7) is 1.23. The highest BCUT2D eigenvalue weighted by Gasteiger charge is 2.40. The first-order chi connectivity index (χ1) is 18.0. The van der Waals surface area contributed by atoms with Crippen LogP contribution < -0.4 is 10.0 Å². The summed E-state index contributed by atoms with van der Waals surface area (Å²) in [5, 5.41) is 12.7. The molecule has 2 aliphatic heterocycles. The monoisotopic (exact) mass is 502 g/mol. The van der Waals surface area contributed by atoms with E-state index < -0.39 is 11.9 Å². The van der Waals surface area contributed by atoms with Crippen molar-refractivity contribution < 1.29 is 17.6 Å². The number of anilines is 2. The van der Waals surface area contributed by atoms with Gasteiger partial charge < -0.3 is 4.42 Å². The van der Waals surface area contributed by atoms with E-state index in [0.29, 0.717) is 23.2 Å². The third kappa shape index (κ3) is 4.71. The van der Waals surface area contributed by atoms with Gasteiger partial charge in [-0.3, -0.25) is 10.0 Å². The highest BCUT2D eigenvalue weighted by molar-refractivity contribution is 6.05. The SMILES string of the molecule is FC(F)(F)C(=NN1CCCc2ccccc21)c1cc2cc(C=NN3CCCc4ccccc43)ccc2o1. The number of rotatable bonds is 4. The highest BCUT2D eigenvalue weighted by Crippen LogP contribution is 2.32. The second kappa shape index (κ2) is 9.42. The van der Waals surface area contributed by atoms with Gasteiger partial charge in [0.15, 0.2) is 5.76 Å². The molecule has 0 saturated heterocycles. The largest absolute Gasteiger partial charge is 0.454 e. The summed E-state index contributed by atoms with van der Waals surface area (Å²) >= 11 is 0. The number of para-hydroxylation sites is 2. The second-order valence-electron chi connectivity index (χ2n) is 9.31. The third-order valence-corrected chi connectivity index (χ3v) is 6.78. The van der Waals surface area contributed by atoms with E-state index in [-0.39, 0.29) is 5.76 Å². The molecule has 4 aromatic rings. The van der Waals surface area contributed by atoms with Gasteiger partial charge in [0.05, 0.1) is 17.6 Å². The molecule has 1 aromatic heterocycles. The maximum atomic E-state index is 14.1. The van der Waals surface area contributed by atoms with Crippen LogP contribution in [0.2, 0.25) is 0 Å². The van der Waals surface area contributed by atoms with Crippen molar-refractivity contribution in [1.29, 1.82) is 0 Å². The van der Waals surface area contributed by atoms with E-state index in [0.717, 1.165) is 49.0 Å². The van der Waals surface area contributed by atoms with Gasteiger partial charge in [0.1, 0.15) is 5.58 Å². The molecule has 37 heavy (non-hydrogen) atoms. The molecule has 3 aromatic carbocycles. The van der Waals surface area contributed by atoms with Crippen LogP contribution >= 0.6 is 0 Å². The summed E-state index contributed by atoms with van der Waals surface area (Å²) in [7, 11) is 0. The van der Waals surface area contributed by atoms with Crippen LogP contribution in [-0.2, 0) is 12.8 Å². The second-order valence-corrected chi connectivity index (χ2v) is 9.31. The molecule has 3 heterocycles. The van der Waals surface area contributed by atoms with Crippen molar-refractivity contribution >= 4 is 34.3 Å². The summed E-state index contributed by atoms with van der Waals surface area (Å²) in [4.78, 5) is 0. The smallest absolute Gasteiger partial charge is 0.438 e. The molecule has 0 atom stereocenters. The van der Waals surface area contributed by atoms with Crippen LogP contribution in [0, 0.1) is 0 Å². The molecule has 0 unspecified atom stereocenters. The number of hydrazone groups is 2. The van der Waals surface area contributed by atoms with E-state index >= 15 is 0 Å². The van der Waals surface area contributed by atoms with Gasteiger partial charge in [-0.25, -0.2) is 0 Å². The lowest BCUT2D eigenvalue weighted by atomic mass is 10.0. The summed E-state index contributed by atoms with van der Waals surface area (Å²) in [5.74, 6) is -0.301. The zero-order valence-electron chi connectivity index (χ0n) is 20.1. The van der Waals surface area contributed by atoms with Crippen molar-refractivity contribution in [2.75, 3.05) is 23.1 Å². The first-order valence-corrected chi connectivity index (χ1v) is 12.4. The van der Waals surface area contributed by atoms with Gasteiger partial charge in [0, 0.05) is 18.5 Å². The number of hydrogen-bond donors (Lipinski definition) is 0. The number of benzene rings is 3. The van der Waals surface area contributed by atoms with Gasteiger partial charge in [0.2, 0.25) is 5.71 Å². The van der Waals surface area contributed by atoms with Crippen LogP contribution in [0.5, 0.6) is 0 Å². The highest BCUT2D eigenvalue weighted by atomic mass is 19.4. The maximum Gasteiger partial charge on any atom is 0.438 e. The van der Waals surface area contributed by atoms with Gasteiger partial charge in [0.25, 0.3) is 0 Å². The summed E-state index contributed by atoms with van der Waals surface area (Å²) in [6, 6.07) is 22.3. The Labute approximate surface area is 212 Å². The van der Waals surface area contributed by atoms with Gasteiger partial charge in [-0.2, -0.15) is 23.4 Å². The molecule has 0 aliphatic carbocycles. The van der Waals surface area contributed by atoms with E-state index in [2.05, 4.69) is 22.3 Å². The molecule has 188 valence electrons. The Morgan fingerprint density at radius 2 is 1.46 bits per heavy atom. The molecule has 0 amide bonds. The standard InChI is InChI=1S/C29H25F3N4O/c30-29(31,32)28(34-36-16-6-10-22-8-2-4-12-25(22)36)27-18-23-17-20(13-14-26(23)37-27)19-33-35-15-5-9-21-7-1-3-11-24(21)35/h1-4,7-8,11-14,17-19H,5-6,9-10,15-16H2. The molecule has 6 rings (SSSR count). The van der Waals surface area contributed by atoms with E-state index in [1.807, 2.05) is 35.3 Å². The Hall–Kier alpha value is -4.07. The number of fused-ring (bicyclic) bond motifs is 3. The van der Waals surface area contributed by atoms with E-state index in [4.69, 9.17) is 4.42 Å². The molecule has 2 aliphatic rings. The third-order valence-electron chi connectivity index (χ3n) is 6.78. The topological polar surface area (TPSA) is 44.3 Å². The van der Waals surface area contributed by atoms with Crippen LogP contribution in [0.25, 0.3) is 11.0 Å². The first-order valence-electron chi connectivity index (χ1n) is 12.4. The summed E-state index contributed by atoms with van der Waals surface area (Å²) in [6.07, 6.45) is 0.652. The minimum Gasteiger partial charge on any atom is -0.454 e. The van der Waals surface area contributed by atoms with Crippen LogP contribution in [0.3, 0.4) is 0 Å². The van der Waals surface area contributed by atoms with Crippen LogP contribution in [0.1, 0.15) is 35.3 Å². The van der Waals surface area contributed by atoms with Gasteiger partial charge in [-0.15, -0.1) is 0 Å².